The second-order valence-corrected chi connectivity index (χ2v) is 11.9. The molecule has 47 heavy (non-hydrogen) atoms. The number of fused-ring (bicyclic) bond motifs is 4. The number of aromatic nitrogens is 5. The lowest BCUT2D eigenvalue weighted by molar-refractivity contribution is -0.123. The fourth-order valence-corrected chi connectivity index (χ4v) is 6.58. The number of hydrogen-bond acceptors (Lipinski definition) is 5. The molecule has 242 valence electrons. The molecule has 16 heteroatoms. The molecule has 3 N–H and O–H groups in total. The van der Waals surface area contributed by atoms with E-state index in [-0.39, 0.29) is 45.8 Å². The molecular formula is C31H21ClF6N6O3. The average molecular weight is 675 g/mol. The quantitative estimate of drug-likeness (QED) is 0.150. The highest BCUT2D eigenvalue weighted by Crippen LogP contribution is 2.68. The minimum atomic E-state index is -3.46. The SMILES string of the molecule is O=C(Cn1nc(C(F)F)c2c1C(F)(F)[C@@H]1C[C@H]21)NC(Cc1cc(F)cc(F)c1)c1nc2cn[nH]c2cc1-c1ccc(Cl)c(C(=O)O)c1. The topological polar surface area (TPSA) is 126 Å². The van der Waals surface area contributed by atoms with Crippen molar-refractivity contribution in [3.63, 3.8) is 0 Å². The molecule has 5 aromatic rings. The molecule has 2 aromatic carbocycles. The number of halogens is 7. The lowest BCUT2D eigenvalue weighted by Crippen LogP contribution is -2.35. The van der Waals surface area contributed by atoms with Crippen molar-refractivity contribution in [1.29, 1.82) is 0 Å². The molecule has 1 unspecified atom stereocenters. The van der Waals surface area contributed by atoms with Crippen molar-refractivity contribution in [3.8, 4) is 11.1 Å². The monoisotopic (exact) mass is 674 g/mol. The van der Waals surface area contributed by atoms with Crippen molar-refractivity contribution in [2.45, 2.75) is 43.7 Å². The minimum Gasteiger partial charge on any atom is -0.478 e. The molecule has 3 atom stereocenters. The fraction of sp³-hybridized carbons (Fsp3) is 0.258. The van der Waals surface area contributed by atoms with E-state index in [4.69, 9.17) is 11.6 Å². The summed E-state index contributed by atoms with van der Waals surface area (Å²) in [5.74, 6) is -9.42. The average Bonchev–Trinajstić information content (AvgIpc) is 3.41. The number of carbonyl (C=O) groups is 2. The number of aromatic carboxylic acids is 1. The third-order valence-corrected chi connectivity index (χ3v) is 8.78. The van der Waals surface area contributed by atoms with E-state index in [1.54, 1.807) is 6.07 Å². The summed E-state index contributed by atoms with van der Waals surface area (Å²) < 4.78 is 87.0. The first-order valence-corrected chi connectivity index (χ1v) is 14.6. The molecule has 1 saturated carbocycles. The maximum atomic E-state index is 15.1. The van der Waals surface area contributed by atoms with Gasteiger partial charge in [-0.15, -0.1) is 0 Å². The van der Waals surface area contributed by atoms with Crippen molar-refractivity contribution >= 4 is 34.5 Å². The van der Waals surface area contributed by atoms with Crippen LogP contribution in [-0.2, 0) is 23.7 Å². The van der Waals surface area contributed by atoms with Crippen LogP contribution in [0.5, 0.6) is 0 Å². The van der Waals surface area contributed by atoms with Crippen LogP contribution in [0.4, 0.5) is 26.3 Å². The lowest BCUT2D eigenvalue weighted by Gasteiger charge is -2.23. The number of carbonyl (C=O) groups excluding carboxylic acids is 1. The van der Waals surface area contributed by atoms with Gasteiger partial charge in [-0.2, -0.15) is 19.0 Å². The summed E-state index contributed by atoms with van der Waals surface area (Å²) in [6.07, 6.45) is -1.99. The normalized spacial score (nSPS) is 18.3. The Morgan fingerprint density at radius 1 is 1.11 bits per heavy atom. The Bertz CT molecular complexity index is 2080. The lowest BCUT2D eigenvalue weighted by atomic mass is 9.94. The number of benzene rings is 2. The predicted octanol–water partition coefficient (Wildman–Crippen LogP) is 6.70. The zero-order chi connectivity index (χ0) is 33.4. The summed E-state index contributed by atoms with van der Waals surface area (Å²) in [6, 6.07) is 7.21. The Morgan fingerprint density at radius 2 is 1.85 bits per heavy atom. The molecule has 0 saturated heterocycles. The van der Waals surface area contributed by atoms with E-state index in [2.05, 4.69) is 25.6 Å². The number of carboxylic acids is 1. The third kappa shape index (κ3) is 5.37. The van der Waals surface area contributed by atoms with Gasteiger partial charge in [-0.3, -0.25) is 14.6 Å². The van der Waals surface area contributed by atoms with Gasteiger partial charge in [-0.05, 0) is 60.2 Å². The van der Waals surface area contributed by atoms with Crippen molar-refractivity contribution in [2.24, 2.45) is 5.92 Å². The Kier molecular flexibility index (Phi) is 7.26. The standard InChI is InChI=1S/C31H21ClF6N6O3/c32-20-2-1-13(6-18(20)30(46)47)16-9-21-23(10-39-42-21)41-26(16)22(5-12-3-14(33)7-15(34)4-12)40-24(45)11-44-28-25(27(43-44)29(35)36)17-8-19(17)31(28,37)38/h1-4,6-7,9-10,17,19,22,29H,5,8,11H2,(H,39,42)(H,40,45)(H,46,47)/t17-,19+,22?/m0/s1. The number of rotatable bonds is 9. The number of nitrogens with zero attached hydrogens (tertiary/aromatic N) is 4. The molecule has 3 heterocycles. The van der Waals surface area contributed by atoms with Gasteiger partial charge >= 0.3 is 5.97 Å². The molecule has 0 spiro atoms. The van der Waals surface area contributed by atoms with E-state index in [0.717, 1.165) is 12.1 Å². The highest BCUT2D eigenvalue weighted by molar-refractivity contribution is 6.33. The summed E-state index contributed by atoms with van der Waals surface area (Å²) in [6.45, 7) is -0.870. The number of carboxylic acid groups (broad SMARTS) is 1. The van der Waals surface area contributed by atoms with E-state index in [9.17, 15) is 32.3 Å². The summed E-state index contributed by atoms with van der Waals surface area (Å²) in [5.41, 5.74) is -0.520. The first kappa shape index (κ1) is 30.7. The van der Waals surface area contributed by atoms with Gasteiger partial charge in [0, 0.05) is 23.1 Å². The fourth-order valence-electron chi connectivity index (χ4n) is 6.38. The number of hydrogen-bond donors (Lipinski definition) is 3. The highest BCUT2D eigenvalue weighted by Gasteiger charge is 2.67. The zero-order valence-electron chi connectivity index (χ0n) is 23.7. The molecule has 1 fully saturated rings. The van der Waals surface area contributed by atoms with Gasteiger partial charge in [0.1, 0.15) is 35.1 Å². The first-order chi connectivity index (χ1) is 22.3. The number of nitrogens with one attached hydrogen (secondary N) is 2. The van der Waals surface area contributed by atoms with Crippen molar-refractivity contribution < 1.29 is 41.0 Å². The number of pyridine rings is 1. The number of aromatic amines is 1. The van der Waals surface area contributed by atoms with E-state index in [1.807, 2.05) is 0 Å². The van der Waals surface area contributed by atoms with Gasteiger partial charge in [-0.1, -0.05) is 17.7 Å². The number of H-pyrrole nitrogens is 1. The van der Waals surface area contributed by atoms with Crippen LogP contribution in [0.1, 0.15) is 63.4 Å². The van der Waals surface area contributed by atoms with Crippen LogP contribution in [0.2, 0.25) is 5.02 Å². The smallest absolute Gasteiger partial charge is 0.337 e. The molecule has 0 radical (unpaired) electrons. The second kappa shape index (κ2) is 11.1. The maximum absolute atomic E-state index is 15.1. The molecule has 0 aliphatic heterocycles. The van der Waals surface area contributed by atoms with Crippen molar-refractivity contribution in [1.82, 2.24) is 30.3 Å². The summed E-state index contributed by atoms with van der Waals surface area (Å²) in [4.78, 5) is 30.0. The number of alkyl halides is 4. The van der Waals surface area contributed by atoms with Crippen LogP contribution in [0.25, 0.3) is 22.2 Å². The van der Waals surface area contributed by atoms with E-state index in [0.29, 0.717) is 27.3 Å². The van der Waals surface area contributed by atoms with Crippen LogP contribution in [0.3, 0.4) is 0 Å². The molecule has 2 aliphatic rings. The molecule has 0 bridgehead atoms. The van der Waals surface area contributed by atoms with E-state index in [1.165, 1.54) is 24.4 Å². The first-order valence-electron chi connectivity index (χ1n) is 14.2. The summed E-state index contributed by atoms with van der Waals surface area (Å²) in [5, 5.41) is 22.7. The highest BCUT2D eigenvalue weighted by atomic mass is 35.5. The summed E-state index contributed by atoms with van der Waals surface area (Å²) in [7, 11) is 0. The van der Waals surface area contributed by atoms with Gasteiger partial charge in [0.2, 0.25) is 5.91 Å². The van der Waals surface area contributed by atoms with Crippen LogP contribution in [0.15, 0.2) is 48.7 Å². The van der Waals surface area contributed by atoms with Gasteiger partial charge in [0.15, 0.2) is 0 Å². The number of amides is 1. The van der Waals surface area contributed by atoms with Crippen LogP contribution < -0.4 is 5.32 Å². The van der Waals surface area contributed by atoms with Crippen molar-refractivity contribution in [2.75, 3.05) is 0 Å². The van der Waals surface area contributed by atoms with Crippen LogP contribution in [-0.4, -0.2) is 41.9 Å². The van der Waals surface area contributed by atoms with E-state index < -0.39 is 71.7 Å². The molecule has 3 aromatic heterocycles. The summed E-state index contributed by atoms with van der Waals surface area (Å²) >= 11 is 6.09. The zero-order valence-corrected chi connectivity index (χ0v) is 24.5. The largest absolute Gasteiger partial charge is 0.478 e. The maximum Gasteiger partial charge on any atom is 0.337 e. The van der Waals surface area contributed by atoms with Gasteiger partial charge < -0.3 is 10.4 Å². The van der Waals surface area contributed by atoms with Crippen molar-refractivity contribution in [3.05, 3.63) is 99.1 Å². The van der Waals surface area contributed by atoms with Crippen LogP contribution in [0, 0.1) is 17.6 Å². The molecule has 7 rings (SSSR count). The Morgan fingerprint density at radius 3 is 2.55 bits per heavy atom. The van der Waals surface area contributed by atoms with Gasteiger partial charge in [-0.25, -0.2) is 27.3 Å². The third-order valence-electron chi connectivity index (χ3n) is 8.45. The molecule has 9 nitrogen and oxygen atoms in total. The van der Waals surface area contributed by atoms with Crippen LogP contribution >= 0.6 is 11.6 Å². The minimum absolute atomic E-state index is 0.0447. The van der Waals surface area contributed by atoms with Gasteiger partial charge in [0.25, 0.3) is 12.3 Å². The Labute approximate surface area is 265 Å². The predicted molar refractivity (Wildman–Crippen MR) is 154 cm³/mol. The molecule has 1 amide bonds. The second-order valence-electron chi connectivity index (χ2n) is 11.5. The van der Waals surface area contributed by atoms with E-state index >= 15 is 8.78 Å². The Hall–Kier alpha value is -4.92. The van der Waals surface area contributed by atoms with Gasteiger partial charge in [0.05, 0.1) is 34.0 Å². The molecular weight excluding hydrogens is 654 g/mol. The Balaban J connectivity index is 1.31. The molecule has 2 aliphatic carbocycles.